The number of hydrogen-bond donors (Lipinski definition) is 1. The van der Waals surface area contributed by atoms with E-state index in [2.05, 4.69) is 27.8 Å². The molecule has 1 aliphatic rings. The fraction of sp³-hybridized carbons (Fsp3) is 0.889. The van der Waals surface area contributed by atoms with Gasteiger partial charge in [-0.2, -0.15) is 0 Å². The zero-order chi connectivity index (χ0) is 10.5. The first kappa shape index (κ1) is 10.5. The summed E-state index contributed by atoms with van der Waals surface area (Å²) in [4.78, 5) is 0. The lowest BCUT2D eigenvalue weighted by atomic mass is 10.1. The van der Waals surface area contributed by atoms with Crippen LogP contribution in [0, 0.1) is 5.92 Å². The van der Waals surface area contributed by atoms with Crippen molar-refractivity contribution < 1.29 is 4.74 Å². The summed E-state index contributed by atoms with van der Waals surface area (Å²) >= 11 is 0. The van der Waals surface area contributed by atoms with E-state index in [0.717, 1.165) is 45.1 Å². The normalized spacial score (nSPS) is 21.0. The molecule has 0 aromatic carbocycles. The molecule has 1 fully saturated rings. The third-order valence-corrected chi connectivity index (χ3v) is 2.59. The van der Waals surface area contributed by atoms with Crippen LogP contribution in [0.25, 0.3) is 0 Å². The quantitative estimate of drug-likeness (QED) is 0.732. The molecule has 1 unspecified atom stereocenters. The molecule has 84 valence electrons. The fourth-order valence-corrected chi connectivity index (χ4v) is 1.70. The van der Waals surface area contributed by atoms with Gasteiger partial charge < -0.3 is 10.1 Å². The molecule has 1 saturated heterocycles. The molecule has 0 aliphatic carbocycles. The van der Waals surface area contributed by atoms with Gasteiger partial charge in [0.15, 0.2) is 5.82 Å². The fourth-order valence-electron chi connectivity index (χ4n) is 1.70. The van der Waals surface area contributed by atoms with Crippen LogP contribution in [0.5, 0.6) is 0 Å². The van der Waals surface area contributed by atoms with Crippen molar-refractivity contribution in [1.82, 2.24) is 25.5 Å². The summed E-state index contributed by atoms with van der Waals surface area (Å²) < 4.78 is 7.21. The SMILES string of the molecule is CCNCc1nnnn1CC1CCOC1. The standard InChI is InChI=1S/C9H17N5O/c1-2-10-5-9-11-12-13-14(9)6-8-3-4-15-7-8/h8,10H,2-7H2,1H3. The van der Waals surface area contributed by atoms with Crippen molar-refractivity contribution in [1.29, 1.82) is 0 Å². The maximum Gasteiger partial charge on any atom is 0.165 e. The Hall–Kier alpha value is -1.01. The van der Waals surface area contributed by atoms with Crippen molar-refractivity contribution in [3.8, 4) is 0 Å². The first-order chi connectivity index (χ1) is 7.40. The molecule has 6 heteroatoms. The van der Waals surface area contributed by atoms with Crippen molar-refractivity contribution in [2.75, 3.05) is 19.8 Å². The second kappa shape index (κ2) is 5.18. The molecular weight excluding hydrogens is 194 g/mol. The number of tetrazole rings is 1. The Labute approximate surface area is 89.0 Å². The first-order valence-electron chi connectivity index (χ1n) is 5.43. The van der Waals surface area contributed by atoms with E-state index in [1.165, 1.54) is 0 Å². The smallest absolute Gasteiger partial charge is 0.165 e. The lowest BCUT2D eigenvalue weighted by Gasteiger charge is -2.08. The van der Waals surface area contributed by atoms with Gasteiger partial charge >= 0.3 is 0 Å². The van der Waals surface area contributed by atoms with Crippen LogP contribution >= 0.6 is 0 Å². The Morgan fingerprint density at radius 3 is 3.27 bits per heavy atom. The van der Waals surface area contributed by atoms with Crippen LogP contribution in [0.3, 0.4) is 0 Å². The van der Waals surface area contributed by atoms with Crippen LogP contribution in [-0.4, -0.2) is 40.0 Å². The average Bonchev–Trinajstić information content (AvgIpc) is 2.87. The van der Waals surface area contributed by atoms with Gasteiger partial charge in [-0.3, -0.25) is 0 Å². The molecule has 1 aliphatic heterocycles. The number of aromatic nitrogens is 4. The highest BCUT2D eigenvalue weighted by Crippen LogP contribution is 2.14. The maximum absolute atomic E-state index is 5.33. The number of hydrogen-bond acceptors (Lipinski definition) is 5. The zero-order valence-electron chi connectivity index (χ0n) is 9.02. The van der Waals surface area contributed by atoms with Gasteiger partial charge in [-0.25, -0.2) is 4.68 Å². The summed E-state index contributed by atoms with van der Waals surface area (Å²) in [6, 6.07) is 0. The van der Waals surface area contributed by atoms with Crippen LogP contribution in [0.15, 0.2) is 0 Å². The van der Waals surface area contributed by atoms with E-state index in [1.807, 2.05) is 4.68 Å². The highest BCUT2D eigenvalue weighted by molar-refractivity contribution is 4.81. The molecule has 2 rings (SSSR count). The predicted octanol–water partition coefficient (Wildman–Crippen LogP) is -0.181. The molecule has 15 heavy (non-hydrogen) atoms. The molecule has 0 spiro atoms. The second-order valence-electron chi connectivity index (χ2n) is 3.79. The Morgan fingerprint density at radius 2 is 2.53 bits per heavy atom. The van der Waals surface area contributed by atoms with E-state index in [4.69, 9.17) is 4.74 Å². The Morgan fingerprint density at radius 1 is 1.60 bits per heavy atom. The number of rotatable bonds is 5. The van der Waals surface area contributed by atoms with Crippen molar-refractivity contribution in [2.45, 2.75) is 26.4 Å². The molecular formula is C9H17N5O. The van der Waals surface area contributed by atoms with Crippen LogP contribution < -0.4 is 5.32 Å². The largest absolute Gasteiger partial charge is 0.381 e. The van der Waals surface area contributed by atoms with Gasteiger partial charge in [0.2, 0.25) is 0 Å². The molecule has 0 bridgehead atoms. The van der Waals surface area contributed by atoms with Gasteiger partial charge in [-0.1, -0.05) is 6.92 Å². The minimum absolute atomic E-state index is 0.564. The van der Waals surface area contributed by atoms with E-state index in [1.54, 1.807) is 0 Å². The zero-order valence-corrected chi connectivity index (χ0v) is 9.02. The summed E-state index contributed by atoms with van der Waals surface area (Å²) in [7, 11) is 0. The van der Waals surface area contributed by atoms with E-state index in [9.17, 15) is 0 Å². The molecule has 6 nitrogen and oxygen atoms in total. The Kier molecular flexibility index (Phi) is 3.63. The monoisotopic (exact) mass is 211 g/mol. The second-order valence-corrected chi connectivity index (χ2v) is 3.79. The predicted molar refractivity (Wildman–Crippen MR) is 54.1 cm³/mol. The minimum Gasteiger partial charge on any atom is -0.381 e. The summed E-state index contributed by atoms with van der Waals surface area (Å²) in [5, 5.41) is 14.9. The Balaban J connectivity index is 1.91. The van der Waals surface area contributed by atoms with E-state index < -0.39 is 0 Å². The number of ether oxygens (including phenoxy) is 1. The van der Waals surface area contributed by atoms with E-state index in [0.29, 0.717) is 5.92 Å². The van der Waals surface area contributed by atoms with Gasteiger partial charge in [0.25, 0.3) is 0 Å². The topological polar surface area (TPSA) is 64.9 Å². The van der Waals surface area contributed by atoms with Crippen LogP contribution in [0.4, 0.5) is 0 Å². The van der Waals surface area contributed by atoms with Gasteiger partial charge in [0, 0.05) is 19.1 Å². The minimum atomic E-state index is 0.564. The molecule has 0 radical (unpaired) electrons. The summed E-state index contributed by atoms with van der Waals surface area (Å²) in [5.74, 6) is 1.47. The highest BCUT2D eigenvalue weighted by atomic mass is 16.5. The molecule has 1 aromatic rings. The summed E-state index contributed by atoms with van der Waals surface area (Å²) in [5.41, 5.74) is 0. The van der Waals surface area contributed by atoms with Crippen molar-refractivity contribution >= 4 is 0 Å². The lowest BCUT2D eigenvalue weighted by molar-refractivity contribution is 0.181. The number of nitrogens with zero attached hydrogens (tertiary/aromatic N) is 4. The van der Waals surface area contributed by atoms with Crippen molar-refractivity contribution in [3.63, 3.8) is 0 Å². The molecule has 1 atom stereocenters. The van der Waals surface area contributed by atoms with E-state index >= 15 is 0 Å². The average molecular weight is 211 g/mol. The first-order valence-corrected chi connectivity index (χ1v) is 5.43. The molecule has 1 aromatic heterocycles. The number of nitrogens with one attached hydrogen (secondary N) is 1. The van der Waals surface area contributed by atoms with Crippen LogP contribution in [0.1, 0.15) is 19.2 Å². The van der Waals surface area contributed by atoms with Crippen LogP contribution in [0.2, 0.25) is 0 Å². The van der Waals surface area contributed by atoms with Gasteiger partial charge in [0.1, 0.15) is 0 Å². The van der Waals surface area contributed by atoms with Crippen molar-refractivity contribution in [3.05, 3.63) is 5.82 Å². The molecule has 0 amide bonds. The lowest BCUT2D eigenvalue weighted by Crippen LogP contribution is -2.20. The maximum atomic E-state index is 5.33. The van der Waals surface area contributed by atoms with Gasteiger partial charge in [-0.05, 0) is 23.4 Å². The molecule has 1 N–H and O–H groups in total. The summed E-state index contributed by atoms with van der Waals surface area (Å²) in [6.07, 6.45) is 1.11. The third-order valence-electron chi connectivity index (χ3n) is 2.59. The van der Waals surface area contributed by atoms with Gasteiger partial charge in [-0.15, -0.1) is 5.10 Å². The molecule has 2 heterocycles. The van der Waals surface area contributed by atoms with Crippen LogP contribution in [-0.2, 0) is 17.8 Å². The Bertz CT molecular complexity index is 294. The van der Waals surface area contributed by atoms with Gasteiger partial charge in [0.05, 0.1) is 13.2 Å². The third kappa shape index (κ3) is 2.73. The molecule has 0 saturated carbocycles. The summed E-state index contributed by atoms with van der Waals surface area (Å²) in [6.45, 7) is 6.30. The highest BCUT2D eigenvalue weighted by Gasteiger charge is 2.18. The van der Waals surface area contributed by atoms with E-state index in [-0.39, 0.29) is 0 Å². The van der Waals surface area contributed by atoms with Crippen molar-refractivity contribution in [2.24, 2.45) is 5.92 Å².